The number of benzene rings is 2. The van der Waals surface area contributed by atoms with Crippen LogP contribution in [0.4, 0.5) is 0 Å². The summed E-state index contributed by atoms with van der Waals surface area (Å²) in [6, 6.07) is 22.5. The molecule has 0 bridgehead atoms. The third-order valence-corrected chi connectivity index (χ3v) is 7.83. The fourth-order valence-electron chi connectivity index (χ4n) is 5.29. The molecular weight excluding hydrogens is 550 g/mol. The lowest BCUT2D eigenvalue weighted by atomic mass is 9.94. The van der Waals surface area contributed by atoms with Gasteiger partial charge in [-0.05, 0) is 60.2 Å². The summed E-state index contributed by atoms with van der Waals surface area (Å²) in [4.78, 5) is 30.9. The molecule has 0 N–H and O–H groups in total. The Hall–Kier alpha value is -3.12. The van der Waals surface area contributed by atoms with E-state index in [9.17, 15) is 9.59 Å². The Morgan fingerprint density at radius 1 is 0.974 bits per heavy atom. The lowest BCUT2D eigenvalue weighted by molar-refractivity contribution is -0.141. The zero-order chi connectivity index (χ0) is 27.6. The maximum absolute atomic E-state index is 13.9. The molecule has 1 aliphatic rings. The largest absolute Gasteiger partial charge is 0.345 e. The molecular formula is C33H40BrN3O2. The molecule has 3 aromatic rings. The predicted molar refractivity (Wildman–Crippen MR) is 162 cm³/mol. The van der Waals surface area contributed by atoms with Crippen LogP contribution in [0.3, 0.4) is 0 Å². The summed E-state index contributed by atoms with van der Waals surface area (Å²) >= 11 is 3.51. The van der Waals surface area contributed by atoms with E-state index in [-0.39, 0.29) is 30.3 Å². The number of amides is 2. The minimum atomic E-state index is -0.122. The van der Waals surface area contributed by atoms with E-state index in [1.807, 2.05) is 41.3 Å². The molecule has 4 rings (SSSR count). The number of nitrogens with zero attached hydrogens (tertiary/aromatic N) is 3. The first-order valence-electron chi connectivity index (χ1n) is 14.1. The number of hydrogen-bond acceptors (Lipinski definition) is 2. The van der Waals surface area contributed by atoms with Gasteiger partial charge in [0, 0.05) is 41.6 Å². The van der Waals surface area contributed by atoms with Crippen molar-refractivity contribution in [1.82, 2.24) is 14.4 Å². The van der Waals surface area contributed by atoms with E-state index in [1.165, 1.54) is 12.0 Å². The second-order valence-electron chi connectivity index (χ2n) is 10.9. The van der Waals surface area contributed by atoms with Crippen molar-refractivity contribution in [2.75, 3.05) is 13.1 Å². The van der Waals surface area contributed by atoms with Crippen molar-refractivity contribution in [3.8, 4) is 0 Å². The molecule has 206 valence electrons. The number of rotatable bonds is 11. The maximum Gasteiger partial charge on any atom is 0.247 e. The van der Waals surface area contributed by atoms with Crippen molar-refractivity contribution < 1.29 is 9.59 Å². The first kappa shape index (κ1) is 28.9. The summed E-state index contributed by atoms with van der Waals surface area (Å²) in [5.41, 5.74) is 3.30. The van der Waals surface area contributed by atoms with Crippen LogP contribution in [0, 0.1) is 5.92 Å². The first-order valence-corrected chi connectivity index (χ1v) is 14.9. The lowest BCUT2D eigenvalue weighted by Crippen LogP contribution is -2.48. The zero-order valence-corrected chi connectivity index (χ0v) is 24.7. The summed E-state index contributed by atoms with van der Waals surface area (Å²) in [5, 5.41) is 0. The van der Waals surface area contributed by atoms with Crippen LogP contribution in [0.25, 0.3) is 6.08 Å². The van der Waals surface area contributed by atoms with Crippen molar-refractivity contribution in [3.05, 3.63) is 100 Å². The molecule has 5 nitrogen and oxygen atoms in total. The standard InChI is InChI=1S/C33H40BrN3O2/c1-26(2)22-36(32(38)20-17-27-10-5-3-6-11-27)25-33(39)37(30-12-7-4-8-13-30)24-31-14-9-21-35(31)23-28-15-18-29(34)19-16-28/h3,5-6,9-11,14-21,26,30H,4,7-8,12-13,22-25H2,1-2H3. The predicted octanol–water partition coefficient (Wildman–Crippen LogP) is 7.16. The number of carbonyl (C=O) groups excluding carboxylic acids is 2. The second-order valence-corrected chi connectivity index (χ2v) is 11.8. The van der Waals surface area contributed by atoms with Gasteiger partial charge >= 0.3 is 0 Å². The average molecular weight is 591 g/mol. The molecule has 1 aromatic heterocycles. The minimum absolute atomic E-state index is 0.0282. The van der Waals surface area contributed by atoms with Crippen LogP contribution in [-0.2, 0) is 22.7 Å². The second kappa shape index (κ2) is 14.3. The van der Waals surface area contributed by atoms with Gasteiger partial charge in [0.05, 0.1) is 6.54 Å². The fraction of sp³-hybridized carbons (Fsp3) is 0.394. The van der Waals surface area contributed by atoms with Gasteiger partial charge in [0.2, 0.25) is 11.8 Å². The summed E-state index contributed by atoms with van der Waals surface area (Å²) < 4.78 is 3.29. The van der Waals surface area contributed by atoms with Gasteiger partial charge in [-0.1, -0.05) is 91.5 Å². The molecule has 0 unspecified atom stereocenters. The van der Waals surface area contributed by atoms with Crippen LogP contribution in [-0.4, -0.2) is 45.3 Å². The van der Waals surface area contributed by atoms with Crippen molar-refractivity contribution in [3.63, 3.8) is 0 Å². The Balaban J connectivity index is 1.51. The van der Waals surface area contributed by atoms with Crippen molar-refractivity contribution in [2.24, 2.45) is 5.92 Å². The van der Waals surface area contributed by atoms with E-state index in [4.69, 9.17) is 0 Å². The maximum atomic E-state index is 13.9. The number of halogens is 1. The van der Waals surface area contributed by atoms with Gasteiger partial charge < -0.3 is 14.4 Å². The van der Waals surface area contributed by atoms with Crippen LogP contribution in [0.15, 0.2) is 83.5 Å². The number of aromatic nitrogens is 1. The highest BCUT2D eigenvalue weighted by Crippen LogP contribution is 2.25. The molecule has 0 aliphatic heterocycles. The van der Waals surface area contributed by atoms with Crippen molar-refractivity contribution in [2.45, 2.75) is 65.1 Å². The van der Waals surface area contributed by atoms with Crippen LogP contribution in [0.1, 0.15) is 62.8 Å². The molecule has 6 heteroatoms. The minimum Gasteiger partial charge on any atom is -0.345 e. The van der Waals surface area contributed by atoms with Gasteiger partial charge in [-0.2, -0.15) is 0 Å². The summed E-state index contributed by atoms with van der Waals surface area (Å²) in [5.74, 6) is 0.168. The van der Waals surface area contributed by atoms with Crippen LogP contribution >= 0.6 is 15.9 Å². The van der Waals surface area contributed by atoms with E-state index >= 15 is 0 Å². The Labute approximate surface area is 241 Å². The van der Waals surface area contributed by atoms with E-state index in [2.05, 4.69) is 76.9 Å². The molecule has 1 heterocycles. The van der Waals surface area contributed by atoms with Gasteiger partial charge in [-0.15, -0.1) is 0 Å². The Kier molecular flexibility index (Phi) is 10.6. The molecule has 0 spiro atoms. The molecule has 2 amide bonds. The van der Waals surface area contributed by atoms with Crippen molar-refractivity contribution in [1.29, 1.82) is 0 Å². The molecule has 2 aromatic carbocycles. The van der Waals surface area contributed by atoms with Gasteiger partial charge in [-0.25, -0.2) is 0 Å². The average Bonchev–Trinajstić information content (AvgIpc) is 3.38. The highest BCUT2D eigenvalue weighted by molar-refractivity contribution is 9.10. The lowest BCUT2D eigenvalue weighted by Gasteiger charge is -2.36. The van der Waals surface area contributed by atoms with E-state index < -0.39 is 0 Å². The smallest absolute Gasteiger partial charge is 0.247 e. The highest BCUT2D eigenvalue weighted by atomic mass is 79.9. The molecule has 1 fully saturated rings. The first-order chi connectivity index (χ1) is 18.9. The van der Waals surface area contributed by atoms with E-state index in [1.54, 1.807) is 11.0 Å². The summed E-state index contributed by atoms with van der Waals surface area (Å²) in [7, 11) is 0. The Morgan fingerprint density at radius 2 is 1.69 bits per heavy atom. The number of carbonyl (C=O) groups is 2. The van der Waals surface area contributed by atoms with Crippen LogP contribution in [0.2, 0.25) is 0 Å². The molecule has 1 saturated carbocycles. The topological polar surface area (TPSA) is 45.6 Å². The third-order valence-electron chi connectivity index (χ3n) is 7.30. The van der Waals surface area contributed by atoms with Crippen LogP contribution < -0.4 is 0 Å². The van der Waals surface area contributed by atoms with E-state index in [0.717, 1.165) is 48.0 Å². The van der Waals surface area contributed by atoms with Crippen LogP contribution in [0.5, 0.6) is 0 Å². The van der Waals surface area contributed by atoms with Gasteiger partial charge in [-0.3, -0.25) is 9.59 Å². The molecule has 0 atom stereocenters. The molecule has 0 saturated heterocycles. The Morgan fingerprint density at radius 3 is 2.38 bits per heavy atom. The number of hydrogen-bond donors (Lipinski definition) is 0. The highest BCUT2D eigenvalue weighted by Gasteiger charge is 2.28. The van der Waals surface area contributed by atoms with Gasteiger partial charge in [0.25, 0.3) is 0 Å². The van der Waals surface area contributed by atoms with Gasteiger partial charge in [0.15, 0.2) is 0 Å². The normalized spacial score (nSPS) is 14.2. The SMILES string of the molecule is CC(C)CN(CC(=O)N(Cc1cccn1Cc1ccc(Br)cc1)C1CCCCC1)C(=O)C=Cc1ccccc1. The summed E-state index contributed by atoms with van der Waals surface area (Å²) in [6.45, 7) is 6.11. The fourth-order valence-corrected chi connectivity index (χ4v) is 5.55. The van der Waals surface area contributed by atoms with Gasteiger partial charge in [0.1, 0.15) is 6.54 Å². The van der Waals surface area contributed by atoms with E-state index in [0.29, 0.717) is 13.1 Å². The zero-order valence-electron chi connectivity index (χ0n) is 23.1. The third kappa shape index (κ3) is 8.69. The molecule has 0 radical (unpaired) electrons. The molecule has 1 aliphatic carbocycles. The Bertz CT molecular complexity index is 1230. The molecule has 39 heavy (non-hydrogen) atoms. The quantitative estimate of drug-likeness (QED) is 0.223. The summed E-state index contributed by atoms with van der Waals surface area (Å²) in [6.07, 6.45) is 11.1. The van der Waals surface area contributed by atoms with Crippen molar-refractivity contribution >= 4 is 33.8 Å². The monoisotopic (exact) mass is 589 g/mol.